The number of carbonyl (C=O) groups excluding carboxylic acids is 2. The Morgan fingerprint density at radius 2 is 1.77 bits per heavy atom. The maximum atomic E-state index is 12.9. The number of carbonyl (C=O) groups is 2. The zero-order chi connectivity index (χ0) is 22.0. The Bertz CT molecular complexity index is 1020. The van der Waals surface area contributed by atoms with Crippen molar-refractivity contribution in [2.45, 2.75) is 33.8 Å². The number of amides is 1. The number of fused-ring (bicyclic) bond motifs is 1. The molecule has 8 heteroatoms. The van der Waals surface area contributed by atoms with Crippen molar-refractivity contribution in [3.63, 3.8) is 0 Å². The van der Waals surface area contributed by atoms with Gasteiger partial charge in [0.05, 0.1) is 19.0 Å². The van der Waals surface area contributed by atoms with Crippen LogP contribution in [0.1, 0.15) is 23.6 Å². The van der Waals surface area contributed by atoms with Crippen LogP contribution >= 0.6 is 0 Å². The highest BCUT2D eigenvalue weighted by molar-refractivity contribution is 5.89. The number of ether oxygens (including phenoxy) is 2. The molecule has 1 aliphatic heterocycles. The van der Waals surface area contributed by atoms with Crippen LogP contribution in [-0.4, -0.2) is 67.6 Å². The molecule has 1 unspecified atom stereocenters. The van der Waals surface area contributed by atoms with Crippen molar-refractivity contribution in [1.82, 2.24) is 9.80 Å². The number of hydrogen-bond acceptors (Lipinski definition) is 7. The third-order valence-electron chi connectivity index (χ3n) is 5.57. The molecule has 0 aliphatic carbocycles. The van der Waals surface area contributed by atoms with Crippen LogP contribution in [0.4, 0.5) is 0 Å². The van der Waals surface area contributed by atoms with Gasteiger partial charge >= 0.3 is 11.6 Å². The molecule has 1 fully saturated rings. The van der Waals surface area contributed by atoms with Gasteiger partial charge in [-0.1, -0.05) is 0 Å². The second kappa shape index (κ2) is 8.87. The third-order valence-corrected chi connectivity index (χ3v) is 5.57. The summed E-state index contributed by atoms with van der Waals surface area (Å²) in [6.45, 7) is 9.64. The molecular formula is C22H28N2O6. The molecule has 1 saturated heterocycles. The van der Waals surface area contributed by atoms with Crippen LogP contribution in [0.5, 0.6) is 5.75 Å². The zero-order valence-electron chi connectivity index (χ0n) is 18.1. The minimum atomic E-state index is -0.700. The fourth-order valence-corrected chi connectivity index (χ4v) is 3.65. The van der Waals surface area contributed by atoms with Crippen LogP contribution in [0.3, 0.4) is 0 Å². The van der Waals surface area contributed by atoms with Crippen molar-refractivity contribution in [3.8, 4) is 5.75 Å². The highest BCUT2D eigenvalue weighted by atomic mass is 16.5. The van der Waals surface area contributed by atoms with Gasteiger partial charge in [0.15, 0.2) is 6.10 Å². The van der Waals surface area contributed by atoms with Gasteiger partial charge in [0.25, 0.3) is 5.91 Å². The van der Waals surface area contributed by atoms with E-state index in [-0.39, 0.29) is 24.0 Å². The van der Waals surface area contributed by atoms with Gasteiger partial charge in [0, 0.05) is 31.7 Å². The maximum Gasteiger partial charge on any atom is 0.339 e. The lowest BCUT2D eigenvalue weighted by Gasteiger charge is -2.35. The van der Waals surface area contributed by atoms with Crippen molar-refractivity contribution < 1.29 is 23.5 Å². The Labute approximate surface area is 175 Å². The van der Waals surface area contributed by atoms with Crippen molar-refractivity contribution in [1.29, 1.82) is 0 Å². The van der Waals surface area contributed by atoms with Crippen LogP contribution in [0.2, 0.25) is 0 Å². The largest absolute Gasteiger partial charge is 0.480 e. The molecule has 1 atom stereocenters. The molecule has 1 aromatic heterocycles. The number of aryl methyl sites for hydroxylation is 2. The van der Waals surface area contributed by atoms with Crippen molar-refractivity contribution >= 4 is 22.8 Å². The summed E-state index contributed by atoms with van der Waals surface area (Å²) in [6.07, 6.45) is -0.700. The molecule has 0 radical (unpaired) electrons. The summed E-state index contributed by atoms with van der Waals surface area (Å²) in [5, 5.41) is 0.709. The smallest absolute Gasteiger partial charge is 0.339 e. The van der Waals surface area contributed by atoms with E-state index in [4.69, 9.17) is 13.9 Å². The van der Waals surface area contributed by atoms with Crippen LogP contribution < -0.4 is 10.4 Å². The molecule has 1 aromatic carbocycles. The number of esters is 1. The summed E-state index contributed by atoms with van der Waals surface area (Å²) in [7, 11) is 1.37. The van der Waals surface area contributed by atoms with E-state index < -0.39 is 6.10 Å². The molecule has 2 aromatic rings. The lowest BCUT2D eigenvalue weighted by Crippen LogP contribution is -2.52. The highest BCUT2D eigenvalue weighted by Crippen LogP contribution is 2.31. The Balaban J connectivity index is 1.75. The maximum absolute atomic E-state index is 12.9. The van der Waals surface area contributed by atoms with Crippen LogP contribution in [0.25, 0.3) is 11.0 Å². The van der Waals surface area contributed by atoms with E-state index in [1.807, 2.05) is 24.8 Å². The van der Waals surface area contributed by atoms with E-state index in [0.29, 0.717) is 48.5 Å². The first kappa shape index (κ1) is 21.8. The molecular weight excluding hydrogens is 388 g/mol. The average Bonchev–Trinajstić information content (AvgIpc) is 2.71. The molecule has 0 saturated carbocycles. The lowest BCUT2D eigenvalue weighted by atomic mass is 10.0. The summed E-state index contributed by atoms with van der Waals surface area (Å²) in [5.74, 6) is 0.128. The van der Waals surface area contributed by atoms with Gasteiger partial charge < -0.3 is 18.8 Å². The molecule has 8 nitrogen and oxygen atoms in total. The molecule has 162 valence electrons. The number of piperazine rings is 1. The molecule has 2 heterocycles. The minimum Gasteiger partial charge on any atom is -0.480 e. The Hall–Kier alpha value is -2.87. The molecule has 0 N–H and O–H groups in total. The molecule has 0 bridgehead atoms. The first-order valence-electron chi connectivity index (χ1n) is 10.0. The van der Waals surface area contributed by atoms with Crippen LogP contribution in [0, 0.1) is 20.8 Å². The first-order chi connectivity index (χ1) is 14.2. The van der Waals surface area contributed by atoms with Crippen LogP contribution in [-0.2, 0) is 14.3 Å². The highest BCUT2D eigenvalue weighted by Gasteiger charge is 2.27. The second-order valence-corrected chi connectivity index (χ2v) is 7.71. The summed E-state index contributed by atoms with van der Waals surface area (Å²) in [6, 6.07) is 3.65. The standard InChI is InChI=1S/C22H28N2O6/c1-13-10-17(20-14(2)15(3)22(27)30-18(20)11-13)29-16(4)21(26)24-8-6-23(7-9-24)12-19(25)28-5/h10-11,16H,6-9,12H2,1-5H3. The summed E-state index contributed by atoms with van der Waals surface area (Å²) < 4.78 is 16.2. The van der Waals surface area contributed by atoms with E-state index in [1.54, 1.807) is 24.8 Å². The van der Waals surface area contributed by atoms with Gasteiger partial charge in [0.2, 0.25) is 0 Å². The normalized spacial score (nSPS) is 15.8. The predicted molar refractivity (Wildman–Crippen MR) is 112 cm³/mol. The fraction of sp³-hybridized carbons (Fsp3) is 0.500. The van der Waals surface area contributed by atoms with E-state index in [2.05, 4.69) is 0 Å². The van der Waals surface area contributed by atoms with E-state index in [1.165, 1.54) is 7.11 Å². The number of benzene rings is 1. The minimum absolute atomic E-state index is 0.117. The molecule has 1 aliphatic rings. The molecule has 1 amide bonds. The van der Waals surface area contributed by atoms with E-state index in [9.17, 15) is 14.4 Å². The average molecular weight is 416 g/mol. The monoisotopic (exact) mass is 416 g/mol. The predicted octanol–water partition coefficient (Wildman–Crippen LogP) is 1.80. The topological polar surface area (TPSA) is 89.3 Å². The molecule has 0 spiro atoms. The fourth-order valence-electron chi connectivity index (χ4n) is 3.65. The number of methoxy groups -OCH3 is 1. The quantitative estimate of drug-likeness (QED) is 0.542. The molecule has 30 heavy (non-hydrogen) atoms. The van der Waals surface area contributed by atoms with E-state index >= 15 is 0 Å². The summed E-state index contributed by atoms with van der Waals surface area (Å²) in [4.78, 5) is 40.1. The van der Waals surface area contributed by atoms with Crippen molar-refractivity contribution in [2.24, 2.45) is 0 Å². The van der Waals surface area contributed by atoms with Gasteiger partial charge in [-0.25, -0.2) is 4.79 Å². The Morgan fingerprint density at radius 3 is 2.40 bits per heavy atom. The van der Waals surface area contributed by atoms with Gasteiger partial charge in [0.1, 0.15) is 11.3 Å². The third kappa shape index (κ3) is 4.48. The van der Waals surface area contributed by atoms with Gasteiger partial charge in [-0.2, -0.15) is 0 Å². The zero-order valence-corrected chi connectivity index (χ0v) is 18.1. The van der Waals surface area contributed by atoms with Crippen molar-refractivity contribution in [2.75, 3.05) is 39.8 Å². The second-order valence-electron chi connectivity index (χ2n) is 7.71. The molecule has 3 rings (SSSR count). The van der Waals surface area contributed by atoms with Gasteiger partial charge in [-0.15, -0.1) is 0 Å². The number of nitrogens with zero attached hydrogens (tertiary/aromatic N) is 2. The Kier molecular flexibility index (Phi) is 6.45. The summed E-state index contributed by atoms with van der Waals surface area (Å²) >= 11 is 0. The Morgan fingerprint density at radius 1 is 1.10 bits per heavy atom. The SMILES string of the molecule is COC(=O)CN1CCN(C(=O)C(C)Oc2cc(C)cc3oc(=O)c(C)c(C)c23)CC1. The van der Waals surface area contributed by atoms with Gasteiger partial charge in [-0.05, 0) is 51.0 Å². The summed E-state index contributed by atoms with van der Waals surface area (Å²) in [5.41, 5.74) is 2.27. The first-order valence-corrected chi connectivity index (χ1v) is 10.0. The van der Waals surface area contributed by atoms with E-state index in [0.717, 1.165) is 11.1 Å². The number of rotatable bonds is 5. The lowest BCUT2D eigenvalue weighted by molar-refractivity contribution is -0.143. The number of hydrogen-bond donors (Lipinski definition) is 0. The van der Waals surface area contributed by atoms with Gasteiger partial charge in [-0.3, -0.25) is 14.5 Å². The van der Waals surface area contributed by atoms with Crippen LogP contribution in [0.15, 0.2) is 21.3 Å². The van der Waals surface area contributed by atoms with Crippen molar-refractivity contribution in [3.05, 3.63) is 39.2 Å².